The van der Waals surface area contributed by atoms with E-state index in [1.807, 2.05) is 37.3 Å². The Labute approximate surface area is 120 Å². The van der Waals surface area contributed by atoms with Crippen molar-refractivity contribution in [1.82, 2.24) is 4.98 Å². The summed E-state index contributed by atoms with van der Waals surface area (Å²) >= 11 is 0. The monoisotopic (exact) mass is 271 g/mol. The highest BCUT2D eigenvalue weighted by molar-refractivity contribution is 5.52. The molecule has 0 atom stereocenters. The van der Waals surface area contributed by atoms with Gasteiger partial charge in [-0.1, -0.05) is 30.3 Å². The van der Waals surface area contributed by atoms with Gasteiger partial charge in [-0.2, -0.15) is 0 Å². The number of nitrogens with two attached hydrogens (primary N) is 1. The van der Waals surface area contributed by atoms with E-state index in [0.29, 0.717) is 13.2 Å². The Bertz CT molecular complexity index is 516. The molecule has 0 amide bonds. The van der Waals surface area contributed by atoms with Crippen LogP contribution in [-0.4, -0.2) is 24.7 Å². The molecule has 0 radical (unpaired) electrons. The average Bonchev–Trinajstić information content (AvgIpc) is 2.49. The molecule has 2 aromatic rings. The summed E-state index contributed by atoms with van der Waals surface area (Å²) in [6.07, 6.45) is 1.78. The van der Waals surface area contributed by atoms with Gasteiger partial charge in [-0.25, -0.2) is 4.98 Å². The van der Waals surface area contributed by atoms with Crippen molar-refractivity contribution in [2.75, 3.05) is 24.6 Å². The maximum atomic E-state index is 5.73. The first-order valence-corrected chi connectivity index (χ1v) is 6.92. The molecule has 4 heteroatoms. The predicted molar refractivity (Wildman–Crippen MR) is 82.0 cm³/mol. The van der Waals surface area contributed by atoms with E-state index in [-0.39, 0.29) is 0 Å². The molecule has 2 N–H and O–H groups in total. The lowest BCUT2D eigenvalue weighted by molar-refractivity contribution is 0.339. The lowest BCUT2D eigenvalue weighted by Gasteiger charge is -2.25. The lowest BCUT2D eigenvalue weighted by atomic mass is 10.2. The molecule has 4 nitrogen and oxygen atoms in total. The van der Waals surface area contributed by atoms with E-state index >= 15 is 0 Å². The van der Waals surface area contributed by atoms with Crippen LogP contribution in [0.15, 0.2) is 48.7 Å². The molecular weight excluding hydrogens is 250 g/mol. The van der Waals surface area contributed by atoms with Gasteiger partial charge in [0.1, 0.15) is 0 Å². The van der Waals surface area contributed by atoms with Crippen molar-refractivity contribution in [2.24, 2.45) is 5.73 Å². The van der Waals surface area contributed by atoms with E-state index < -0.39 is 0 Å². The molecule has 1 aromatic heterocycles. The van der Waals surface area contributed by atoms with Crippen LogP contribution in [0.3, 0.4) is 0 Å². The van der Waals surface area contributed by atoms with Crippen LogP contribution in [0.1, 0.15) is 12.5 Å². The third kappa shape index (κ3) is 3.71. The molecule has 0 unspecified atom stereocenters. The summed E-state index contributed by atoms with van der Waals surface area (Å²) in [7, 11) is 0. The minimum Gasteiger partial charge on any atom is -0.490 e. The van der Waals surface area contributed by atoms with E-state index in [1.165, 1.54) is 5.56 Å². The van der Waals surface area contributed by atoms with E-state index in [9.17, 15) is 0 Å². The Morgan fingerprint density at radius 3 is 2.65 bits per heavy atom. The van der Waals surface area contributed by atoms with Crippen LogP contribution < -0.4 is 15.4 Å². The Hall–Kier alpha value is -2.07. The van der Waals surface area contributed by atoms with Crippen LogP contribution in [0.2, 0.25) is 0 Å². The van der Waals surface area contributed by atoms with Crippen LogP contribution in [0.25, 0.3) is 0 Å². The van der Waals surface area contributed by atoms with Crippen LogP contribution in [0, 0.1) is 0 Å². The molecule has 0 aliphatic carbocycles. The van der Waals surface area contributed by atoms with Crippen LogP contribution in [-0.2, 0) is 6.54 Å². The zero-order valence-electron chi connectivity index (χ0n) is 11.8. The normalized spacial score (nSPS) is 10.3. The summed E-state index contributed by atoms with van der Waals surface area (Å²) in [4.78, 5) is 6.61. The van der Waals surface area contributed by atoms with E-state index in [0.717, 1.165) is 24.7 Å². The summed E-state index contributed by atoms with van der Waals surface area (Å²) in [5.74, 6) is 1.66. The fourth-order valence-electron chi connectivity index (χ4n) is 2.11. The van der Waals surface area contributed by atoms with Gasteiger partial charge in [0.15, 0.2) is 11.6 Å². The zero-order chi connectivity index (χ0) is 14.2. The molecule has 2 rings (SSSR count). The molecule has 0 bridgehead atoms. The number of hydrogen-bond donors (Lipinski definition) is 1. The van der Waals surface area contributed by atoms with Gasteiger partial charge in [0.05, 0.1) is 6.61 Å². The molecule has 0 fully saturated rings. The second-order valence-electron chi connectivity index (χ2n) is 4.45. The Morgan fingerprint density at radius 2 is 1.95 bits per heavy atom. The SMILES string of the molecule is CCOc1cccnc1N(CCN)Cc1ccccc1. The average molecular weight is 271 g/mol. The van der Waals surface area contributed by atoms with Crippen LogP contribution >= 0.6 is 0 Å². The smallest absolute Gasteiger partial charge is 0.171 e. The highest BCUT2D eigenvalue weighted by Gasteiger charge is 2.13. The number of anilines is 1. The lowest BCUT2D eigenvalue weighted by Crippen LogP contribution is -2.30. The van der Waals surface area contributed by atoms with Crippen molar-refractivity contribution >= 4 is 5.82 Å². The van der Waals surface area contributed by atoms with Crippen LogP contribution in [0.5, 0.6) is 5.75 Å². The zero-order valence-corrected chi connectivity index (χ0v) is 11.8. The number of rotatable bonds is 7. The van der Waals surface area contributed by atoms with Crippen molar-refractivity contribution in [2.45, 2.75) is 13.5 Å². The van der Waals surface area contributed by atoms with Gasteiger partial charge in [0, 0.05) is 25.8 Å². The molecule has 0 spiro atoms. The van der Waals surface area contributed by atoms with Gasteiger partial charge in [-0.15, -0.1) is 0 Å². The third-order valence-corrected chi connectivity index (χ3v) is 2.97. The van der Waals surface area contributed by atoms with Crippen molar-refractivity contribution in [3.05, 3.63) is 54.2 Å². The first kappa shape index (κ1) is 14.3. The fourth-order valence-corrected chi connectivity index (χ4v) is 2.11. The van der Waals surface area contributed by atoms with Crippen molar-refractivity contribution in [3.8, 4) is 5.75 Å². The van der Waals surface area contributed by atoms with Gasteiger partial charge < -0.3 is 15.4 Å². The van der Waals surface area contributed by atoms with Crippen LogP contribution in [0.4, 0.5) is 5.82 Å². The summed E-state index contributed by atoms with van der Waals surface area (Å²) in [5, 5.41) is 0. The third-order valence-electron chi connectivity index (χ3n) is 2.97. The standard InChI is InChI=1S/C16H21N3O/c1-2-20-15-9-6-11-18-16(15)19(12-10-17)13-14-7-4-3-5-8-14/h3-9,11H,2,10,12-13,17H2,1H3. The number of nitrogens with zero attached hydrogens (tertiary/aromatic N) is 2. The van der Waals surface area contributed by atoms with E-state index in [1.54, 1.807) is 6.20 Å². The molecular formula is C16H21N3O. The number of ether oxygens (including phenoxy) is 1. The van der Waals surface area contributed by atoms with Gasteiger partial charge in [0.25, 0.3) is 0 Å². The quantitative estimate of drug-likeness (QED) is 0.840. The molecule has 0 saturated heterocycles. The molecule has 1 heterocycles. The summed E-state index contributed by atoms with van der Waals surface area (Å²) in [6, 6.07) is 14.1. The number of hydrogen-bond acceptors (Lipinski definition) is 4. The maximum Gasteiger partial charge on any atom is 0.171 e. The van der Waals surface area contributed by atoms with Gasteiger partial charge in [0.2, 0.25) is 0 Å². The van der Waals surface area contributed by atoms with Gasteiger partial charge >= 0.3 is 0 Å². The second kappa shape index (κ2) is 7.50. The number of aromatic nitrogens is 1. The summed E-state index contributed by atoms with van der Waals surface area (Å²) < 4.78 is 5.66. The van der Waals surface area contributed by atoms with Gasteiger partial charge in [-0.05, 0) is 24.6 Å². The first-order chi connectivity index (χ1) is 9.85. The second-order valence-corrected chi connectivity index (χ2v) is 4.45. The molecule has 106 valence electrons. The summed E-state index contributed by atoms with van der Waals surface area (Å²) in [5.41, 5.74) is 6.96. The fraction of sp³-hybridized carbons (Fsp3) is 0.312. The molecule has 0 aliphatic rings. The Kier molecular flexibility index (Phi) is 5.38. The Balaban J connectivity index is 2.24. The van der Waals surface area contributed by atoms with Gasteiger partial charge in [-0.3, -0.25) is 0 Å². The highest BCUT2D eigenvalue weighted by Crippen LogP contribution is 2.26. The van der Waals surface area contributed by atoms with E-state index in [2.05, 4.69) is 22.0 Å². The minimum absolute atomic E-state index is 0.578. The van der Waals surface area contributed by atoms with Crippen molar-refractivity contribution in [1.29, 1.82) is 0 Å². The highest BCUT2D eigenvalue weighted by atomic mass is 16.5. The largest absolute Gasteiger partial charge is 0.490 e. The van der Waals surface area contributed by atoms with E-state index in [4.69, 9.17) is 10.5 Å². The number of benzene rings is 1. The molecule has 1 aromatic carbocycles. The molecule has 0 aliphatic heterocycles. The Morgan fingerprint density at radius 1 is 1.15 bits per heavy atom. The van der Waals surface area contributed by atoms with Crippen molar-refractivity contribution in [3.63, 3.8) is 0 Å². The minimum atomic E-state index is 0.578. The maximum absolute atomic E-state index is 5.73. The first-order valence-electron chi connectivity index (χ1n) is 6.92. The van der Waals surface area contributed by atoms with Crippen molar-refractivity contribution < 1.29 is 4.74 Å². The predicted octanol–water partition coefficient (Wildman–Crippen LogP) is 2.45. The topological polar surface area (TPSA) is 51.4 Å². The summed E-state index contributed by atoms with van der Waals surface area (Å²) in [6.45, 7) is 4.69. The molecule has 20 heavy (non-hydrogen) atoms. The molecule has 0 saturated carbocycles. The number of pyridine rings is 1.